The molecule has 0 heterocycles. The number of nitro benzene ring substituents is 1. The first-order valence-electron chi connectivity index (χ1n) is 4.02. The Bertz CT molecular complexity index is 510. The third kappa shape index (κ3) is 1.45. The molecule has 3 nitrogen and oxygen atoms in total. The van der Waals surface area contributed by atoms with Gasteiger partial charge in [0, 0.05) is 0 Å². The molecule has 0 saturated heterocycles. The maximum Gasteiger partial charge on any atom is 0.290 e. The SMILES string of the molecule is O=[N+]([O-])c1c(I)ccc2ccccc12. The fourth-order valence-corrected chi connectivity index (χ4v) is 2.08. The molecule has 0 spiro atoms. The summed E-state index contributed by atoms with van der Waals surface area (Å²) in [5.74, 6) is 0. The predicted molar refractivity (Wildman–Crippen MR) is 63.3 cm³/mol. The number of hydrogen-bond acceptors (Lipinski definition) is 2. The number of benzene rings is 2. The molecule has 0 saturated carbocycles. The van der Waals surface area contributed by atoms with Crippen LogP contribution in [0.1, 0.15) is 0 Å². The molecular weight excluding hydrogens is 293 g/mol. The van der Waals surface area contributed by atoms with Crippen LogP contribution >= 0.6 is 22.6 Å². The minimum atomic E-state index is -0.329. The molecule has 2 aromatic carbocycles. The molecule has 0 unspecified atom stereocenters. The van der Waals surface area contributed by atoms with Crippen LogP contribution < -0.4 is 0 Å². The van der Waals surface area contributed by atoms with E-state index in [4.69, 9.17) is 0 Å². The van der Waals surface area contributed by atoms with Crippen molar-refractivity contribution in [2.75, 3.05) is 0 Å². The second kappa shape index (κ2) is 3.53. The van der Waals surface area contributed by atoms with Crippen LogP contribution in [0.5, 0.6) is 0 Å². The molecule has 0 aliphatic rings. The van der Waals surface area contributed by atoms with Crippen molar-refractivity contribution in [3.05, 3.63) is 50.1 Å². The first kappa shape index (κ1) is 9.39. The monoisotopic (exact) mass is 299 g/mol. The lowest BCUT2D eigenvalue weighted by atomic mass is 10.1. The molecule has 0 aliphatic carbocycles. The van der Waals surface area contributed by atoms with Crippen molar-refractivity contribution in [2.24, 2.45) is 0 Å². The lowest BCUT2D eigenvalue weighted by Gasteiger charge is -2.00. The summed E-state index contributed by atoms with van der Waals surface area (Å²) in [4.78, 5) is 10.5. The van der Waals surface area contributed by atoms with Crippen LogP contribution in [0.2, 0.25) is 0 Å². The Kier molecular flexibility index (Phi) is 2.37. The highest BCUT2D eigenvalue weighted by atomic mass is 127. The zero-order valence-corrected chi connectivity index (χ0v) is 9.26. The van der Waals surface area contributed by atoms with Crippen molar-refractivity contribution in [3.63, 3.8) is 0 Å². The third-order valence-electron chi connectivity index (χ3n) is 2.03. The Balaban J connectivity index is 2.90. The van der Waals surface area contributed by atoms with Gasteiger partial charge in [0.25, 0.3) is 5.69 Å². The predicted octanol–water partition coefficient (Wildman–Crippen LogP) is 3.35. The Morgan fingerprint density at radius 2 is 1.86 bits per heavy atom. The van der Waals surface area contributed by atoms with E-state index in [1.165, 1.54) is 0 Å². The standard InChI is InChI=1S/C10H6INO2/c11-9-6-5-7-3-1-2-4-8(7)10(9)12(13)14/h1-6H. The van der Waals surface area contributed by atoms with Gasteiger partial charge in [-0.15, -0.1) is 0 Å². The van der Waals surface area contributed by atoms with E-state index in [0.29, 0.717) is 8.96 Å². The number of hydrogen-bond donors (Lipinski definition) is 0. The van der Waals surface area contributed by atoms with Crippen molar-refractivity contribution < 1.29 is 4.92 Å². The minimum Gasteiger partial charge on any atom is -0.258 e. The Morgan fingerprint density at radius 3 is 2.57 bits per heavy atom. The van der Waals surface area contributed by atoms with Gasteiger partial charge in [-0.25, -0.2) is 0 Å². The van der Waals surface area contributed by atoms with Gasteiger partial charge in [0.05, 0.1) is 13.9 Å². The first-order valence-corrected chi connectivity index (χ1v) is 5.09. The molecular formula is C10H6INO2. The van der Waals surface area contributed by atoms with E-state index >= 15 is 0 Å². The molecule has 0 atom stereocenters. The summed E-state index contributed by atoms with van der Waals surface area (Å²) in [6.45, 7) is 0. The fourth-order valence-electron chi connectivity index (χ4n) is 1.41. The molecule has 2 rings (SSSR count). The van der Waals surface area contributed by atoms with E-state index < -0.39 is 0 Å². The molecule has 0 aromatic heterocycles. The van der Waals surface area contributed by atoms with Gasteiger partial charge < -0.3 is 0 Å². The highest BCUT2D eigenvalue weighted by Gasteiger charge is 2.15. The molecule has 0 amide bonds. The van der Waals surface area contributed by atoms with Gasteiger partial charge in [0.2, 0.25) is 0 Å². The van der Waals surface area contributed by atoms with Crippen molar-refractivity contribution in [2.45, 2.75) is 0 Å². The Morgan fingerprint density at radius 1 is 1.14 bits per heavy atom. The van der Waals surface area contributed by atoms with Gasteiger partial charge in [0.1, 0.15) is 0 Å². The quantitative estimate of drug-likeness (QED) is 0.460. The van der Waals surface area contributed by atoms with E-state index in [1.54, 1.807) is 12.1 Å². The van der Waals surface area contributed by atoms with E-state index in [0.717, 1.165) is 5.39 Å². The van der Waals surface area contributed by atoms with Crippen LogP contribution in [0.25, 0.3) is 10.8 Å². The molecule has 0 aliphatic heterocycles. The molecule has 4 heteroatoms. The van der Waals surface area contributed by atoms with Crippen LogP contribution in [-0.2, 0) is 0 Å². The summed E-state index contributed by atoms with van der Waals surface area (Å²) >= 11 is 1.98. The average molecular weight is 299 g/mol. The smallest absolute Gasteiger partial charge is 0.258 e. The summed E-state index contributed by atoms with van der Waals surface area (Å²) in [5.41, 5.74) is 0.198. The Labute approximate surface area is 94.0 Å². The van der Waals surface area contributed by atoms with Gasteiger partial charge in [-0.1, -0.05) is 24.3 Å². The summed E-state index contributed by atoms with van der Waals surface area (Å²) in [6, 6.07) is 11.0. The van der Waals surface area contributed by atoms with Crippen molar-refractivity contribution in [1.29, 1.82) is 0 Å². The van der Waals surface area contributed by atoms with Gasteiger partial charge in [-0.05, 0) is 40.1 Å². The molecule has 70 valence electrons. The largest absolute Gasteiger partial charge is 0.290 e. The van der Waals surface area contributed by atoms with E-state index in [2.05, 4.69) is 0 Å². The summed E-state index contributed by atoms with van der Waals surface area (Å²) < 4.78 is 0.673. The number of nitrogens with zero attached hydrogens (tertiary/aromatic N) is 1. The average Bonchev–Trinajstić information content (AvgIpc) is 2.17. The third-order valence-corrected chi connectivity index (χ3v) is 2.90. The van der Waals surface area contributed by atoms with Crippen LogP contribution in [0.4, 0.5) is 5.69 Å². The molecule has 2 aromatic rings. The first-order chi connectivity index (χ1) is 6.70. The number of nitro groups is 1. The zero-order chi connectivity index (χ0) is 10.1. The maximum absolute atomic E-state index is 10.8. The van der Waals surface area contributed by atoms with Crippen LogP contribution in [0.3, 0.4) is 0 Å². The summed E-state index contributed by atoms with van der Waals surface area (Å²) in [5, 5.41) is 12.4. The van der Waals surface area contributed by atoms with Crippen LogP contribution in [0.15, 0.2) is 36.4 Å². The van der Waals surface area contributed by atoms with E-state index in [-0.39, 0.29) is 10.6 Å². The van der Waals surface area contributed by atoms with Gasteiger partial charge in [-0.2, -0.15) is 0 Å². The van der Waals surface area contributed by atoms with Crippen molar-refractivity contribution in [3.8, 4) is 0 Å². The number of fused-ring (bicyclic) bond motifs is 1. The normalized spacial score (nSPS) is 10.4. The second-order valence-electron chi connectivity index (χ2n) is 2.87. The number of rotatable bonds is 1. The van der Waals surface area contributed by atoms with Gasteiger partial charge in [0.15, 0.2) is 0 Å². The molecule has 0 N–H and O–H groups in total. The van der Waals surface area contributed by atoms with Gasteiger partial charge >= 0.3 is 0 Å². The second-order valence-corrected chi connectivity index (χ2v) is 4.04. The lowest BCUT2D eigenvalue weighted by Crippen LogP contribution is -1.92. The molecule has 0 fully saturated rings. The molecule has 14 heavy (non-hydrogen) atoms. The van der Waals surface area contributed by atoms with E-state index in [1.807, 2.05) is 46.9 Å². The van der Waals surface area contributed by atoms with Crippen LogP contribution in [-0.4, -0.2) is 4.92 Å². The number of halogens is 1. The highest BCUT2D eigenvalue weighted by Crippen LogP contribution is 2.30. The molecule has 0 bridgehead atoms. The highest BCUT2D eigenvalue weighted by molar-refractivity contribution is 14.1. The van der Waals surface area contributed by atoms with Crippen molar-refractivity contribution in [1.82, 2.24) is 0 Å². The Hall–Kier alpha value is -1.17. The minimum absolute atomic E-state index is 0.198. The lowest BCUT2D eigenvalue weighted by molar-refractivity contribution is -0.384. The van der Waals surface area contributed by atoms with Crippen molar-refractivity contribution >= 4 is 39.1 Å². The molecule has 0 radical (unpaired) electrons. The fraction of sp³-hybridized carbons (Fsp3) is 0. The zero-order valence-electron chi connectivity index (χ0n) is 7.11. The van der Waals surface area contributed by atoms with Crippen LogP contribution in [0, 0.1) is 13.7 Å². The van der Waals surface area contributed by atoms with E-state index in [9.17, 15) is 10.1 Å². The summed E-state index contributed by atoms with van der Waals surface area (Å²) in [7, 11) is 0. The topological polar surface area (TPSA) is 43.1 Å². The van der Waals surface area contributed by atoms with Gasteiger partial charge in [-0.3, -0.25) is 10.1 Å². The summed E-state index contributed by atoms with van der Waals surface area (Å²) in [6.07, 6.45) is 0. The maximum atomic E-state index is 10.8.